The van der Waals surface area contributed by atoms with Crippen molar-refractivity contribution in [3.8, 4) is 11.5 Å². The number of hydrogen-bond donors (Lipinski definition) is 4. The standard InChI is InChI=1S/C15H16Cl2N2O2/c16-12-5-8(20)1-3-10(12)14(18)7-15(19)11-4-2-9(21)6-13(11)17/h1-6,14-15,20-21H,7,18-19H2. The SMILES string of the molecule is NC(CC(N)c1ccc(O)cc1Cl)c1ccc(O)cc1Cl. The first kappa shape index (κ1) is 15.9. The van der Waals surface area contributed by atoms with Crippen molar-refractivity contribution in [3.05, 3.63) is 57.6 Å². The van der Waals surface area contributed by atoms with Crippen LogP contribution in [-0.4, -0.2) is 10.2 Å². The molecule has 0 bridgehead atoms. The van der Waals surface area contributed by atoms with E-state index in [0.29, 0.717) is 27.6 Å². The number of benzene rings is 2. The third-order valence-corrected chi connectivity index (χ3v) is 3.93. The molecule has 2 unspecified atom stereocenters. The van der Waals surface area contributed by atoms with Gasteiger partial charge in [-0.2, -0.15) is 0 Å². The number of phenolic OH excluding ortho intramolecular Hbond substituents is 2. The first-order valence-electron chi connectivity index (χ1n) is 6.36. The molecular weight excluding hydrogens is 311 g/mol. The van der Waals surface area contributed by atoms with Crippen LogP contribution in [0.3, 0.4) is 0 Å². The Morgan fingerprint density at radius 3 is 1.52 bits per heavy atom. The van der Waals surface area contributed by atoms with Crippen LogP contribution in [0, 0.1) is 0 Å². The first-order valence-corrected chi connectivity index (χ1v) is 7.12. The van der Waals surface area contributed by atoms with Gasteiger partial charge >= 0.3 is 0 Å². The lowest BCUT2D eigenvalue weighted by Crippen LogP contribution is -2.20. The summed E-state index contributed by atoms with van der Waals surface area (Å²) >= 11 is 12.1. The maximum absolute atomic E-state index is 9.35. The molecule has 6 N–H and O–H groups in total. The number of halogens is 2. The van der Waals surface area contributed by atoms with Crippen LogP contribution in [0.2, 0.25) is 10.0 Å². The van der Waals surface area contributed by atoms with Gasteiger partial charge in [-0.25, -0.2) is 0 Å². The number of phenols is 2. The molecule has 0 heterocycles. The Morgan fingerprint density at radius 1 is 0.810 bits per heavy atom. The fraction of sp³-hybridized carbons (Fsp3) is 0.200. The van der Waals surface area contributed by atoms with Gasteiger partial charge in [0.2, 0.25) is 0 Å². The van der Waals surface area contributed by atoms with Gasteiger partial charge < -0.3 is 21.7 Å². The highest BCUT2D eigenvalue weighted by Crippen LogP contribution is 2.33. The van der Waals surface area contributed by atoms with E-state index in [0.717, 1.165) is 0 Å². The van der Waals surface area contributed by atoms with Crippen LogP contribution in [-0.2, 0) is 0 Å². The average molecular weight is 327 g/mol. The molecule has 0 aliphatic rings. The largest absolute Gasteiger partial charge is 0.508 e. The minimum Gasteiger partial charge on any atom is -0.508 e. The summed E-state index contributed by atoms with van der Waals surface area (Å²) in [6, 6.07) is 8.50. The summed E-state index contributed by atoms with van der Waals surface area (Å²) in [5.41, 5.74) is 13.7. The van der Waals surface area contributed by atoms with Crippen molar-refractivity contribution in [2.24, 2.45) is 11.5 Å². The number of nitrogens with two attached hydrogens (primary N) is 2. The summed E-state index contributed by atoms with van der Waals surface area (Å²) in [4.78, 5) is 0. The molecular formula is C15H16Cl2N2O2. The molecule has 0 spiro atoms. The molecule has 4 nitrogen and oxygen atoms in total. The van der Waals surface area contributed by atoms with E-state index in [1.165, 1.54) is 24.3 Å². The van der Waals surface area contributed by atoms with E-state index in [4.69, 9.17) is 34.7 Å². The zero-order valence-corrected chi connectivity index (χ0v) is 12.6. The van der Waals surface area contributed by atoms with Gasteiger partial charge in [0.05, 0.1) is 0 Å². The molecule has 0 amide bonds. The Hall–Kier alpha value is -1.46. The van der Waals surface area contributed by atoms with E-state index in [-0.39, 0.29) is 11.5 Å². The molecule has 0 aromatic heterocycles. The van der Waals surface area contributed by atoms with Gasteiger partial charge in [-0.1, -0.05) is 35.3 Å². The summed E-state index contributed by atoms with van der Waals surface area (Å²) in [5.74, 6) is 0.170. The van der Waals surface area contributed by atoms with Crippen LogP contribution in [0.4, 0.5) is 0 Å². The third kappa shape index (κ3) is 3.80. The Bertz CT molecular complexity index is 594. The molecule has 2 aromatic carbocycles. The topological polar surface area (TPSA) is 92.5 Å². The summed E-state index contributed by atoms with van der Waals surface area (Å²) in [7, 11) is 0. The summed E-state index contributed by atoms with van der Waals surface area (Å²) < 4.78 is 0. The Morgan fingerprint density at radius 2 is 1.19 bits per heavy atom. The Kier molecular flexibility index (Phi) is 4.96. The molecule has 2 aromatic rings. The van der Waals surface area contributed by atoms with E-state index < -0.39 is 12.1 Å². The zero-order valence-electron chi connectivity index (χ0n) is 11.1. The predicted octanol–water partition coefficient (Wildman–Crippen LogP) is 3.49. The minimum atomic E-state index is -0.391. The van der Waals surface area contributed by atoms with Gasteiger partial charge in [-0.05, 0) is 41.8 Å². The Labute approximate surface area is 132 Å². The van der Waals surface area contributed by atoms with Gasteiger partial charge in [-0.3, -0.25) is 0 Å². The fourth-order valence-corrected chi connectivity index (χ4v) is 2.79. The highest BCUT2D eigenvalue weighted by atomic mass is 35.5. The molecule has 6 heteroatoms. The molecule has 2 atom stereocenters. The highest BCUT2D eigenvalue weighted by Gasteiger charge is 2.18. The minimum absolute atomic E-state index is 0.0850. The van der Waals surface area contributed by atoms with E-state index in [1.807, 2.05) is 0 Å². The maximum Gasteiger partial charge on any atom is 0.117 e. The molecule has 0 aliphatic carbocycles. The van der Waals surface area contributed by atoms with E-state index in [2.05, 4.69) is 0 Å². The molecule has 0 saturated heterocycles. The lowest BCUT2D eigenvalue weighted by Gasteiger charge is -2.20. The molecule has 21 heavy (non-hydrogen) atoms. The van der Waals surface area contributed by atoms with Crippen LogP contribution < -0.4 is 11.5 Å². The van der Waals surface area contributed by atoms with Gasteiger partial charge in [0, 0.05) is 22.1 Å². The van der Waals surface area contributed by atoms with Crippen molar-refractivity contribution in [2.45, 2.75) is 18.5 Å². The van der Waals surface area contributed by atoms with Crippen LogP contribution in [0.1, 0.15) is 29.6 Å². The van der Waals surface area contributed by atoms with E-state index in [9.17, 15) is 10.2 Å². The zero-order chi connectivity index (χ0) is 15.6. The van der Waals surface area contributed by atoms with Crippen molar-refractivity contribution in [1.29, 1.82) is 0 Å². The van der Waals surface area contributed by atoms with E-state index >= 15 is 0 Å². The second-order valence-electron chi connectivity index (χ2n) is 4.86. The van der Waals surface area contributed by atoms with Gasteiger partial charge in [0.15, 0.2) is 0 Å². The number of hydrogen-bond acceptors (Lipinski definition) is 4. The average Bonchev–Trinajstić information content (AvgIpc) is 2.37. The molecule has 0 fully saturated rings. The van der Waals surface area contributed by atoms with Gasteiger partial charge in [0.25, 0.3) is 0 Å². The summed E-state index contributed by atoms with van der Waals surface area (Å²) in [6.07, 6.45) is 0.426. The Balaban J connectivity index is 2.16. The normalized spacial score (nSPS) is 13.9. The molecule has 2 rings (SSSR count). The van der Waals surface area contributed by atoms with Crippen molar-refractivity contribution >= 4 is 23.2 Å². The smallest absolute Gasteiger partial charge is 0.117 e. The summed E-state index contributed by atoms with van der Waals surface area (Å²) in [5, 5.41) is 19.5. The lowest BCUT2D eigenvalue weighted by molar-refractivity contribution is 0.474. The number of rotatable bonds is 4. The lowest BCUT2D eigenvalue weighted by atomic mass is 9.96. The third-order valence-electron chi connectivity index (χ3n) is 3.27. The number of aromatic hydroxyl groups is 2. The second-order valence-corrected chi connectivity index (χ2v) is 5.67. The summed E-state index contributed by atoms with van der Waals surface area (Å²) in [6.45, 7) is 0. The van der Waals surface area contributed by atoms with Gasteiger partial charge in [-0.15, -0.1) is 0 Å². The first-order chi connectivity index (χ1) is 9.88. The highest BCUT2D eigenvalue weighted by molar-refractivity contribution is 6.31. The van der Waals surface area contributed by atoms with Crippen LogP contribution in [0.5, 0.6) is 11.5 Å². The van der Waals surface area contributed by atoms with Crippen molar-refractivity contribution in [1.82, 2.24) is 0 Å². The molecule has 112 valence electrons. The van der Waals surface area contributed by atoms with Crippen molar-refractivity contribution in [2.75, 3.05) is 0 Å². The maximum atomic E-state index is 9.35. The quantitative estimate of drug-likeness (QED) is 0.691. The molecule has 0 saturated carbocycles. The van der Waals surface area contributed by atoms with E-state index in [1.54, 1.807) is 12.1 Å². The van der Waals surface area contributed by atoms with Crippen LogP contribution in [0.25, 0.3) is 0 Å². The second kappa shape index (κ2) is 6.54. The predicted molar refractivity (Wildman–Crippen MR) is 84.7 cm³/mol. The van der Waals surface area contributed by atoms with Crippen LogP contribution >= 0.6 is 23.2 Å². The fourth-order valence-electron chi connectivity index (χ4n) is 2.16. The van der Waals surface area contributed by atoms with Crippen molar-refractivity contribution < 1.29 is 10.2 Å². The monoisotopic (exact) mass is 326 g/mol. The van der Waals surface area contributed by atoms with Crippen LogP contribution in [0.15, 0.2) is 36.4 Å². The van der Waals surface area contributed by atoms with Gasteiger partial charge in [0.1, 0.15) is 11.5 Å². The van der Waals surface area contributed by atoms with Crippen molar-refractivity contribution in [3.63, 3.8) is 0 Å². The molecule has 0 aliphatic heterocycles. The molecule has 0 radical (unpaired) electrons.